The van der Waals surface area contributed by atoms with E-state index in [1.807, 2.05) is 12.1 Å². The number of nitrogens with zero attached hydrogens (tertiary/aromatic N) is 2. The van der Waals surface area contributed by atoms with E-state index in [0.29, 0.717) is 22.7 Å². The lowest BCUT2D eigenvalue weighted by Crippen LogP contribution is -1.81. The van der Waals surface area contributed by atoms with Crippen molar-refractivity contribution in [2.75, 3.05) is 0 Å². The van der Waals surface area contributed by atoms with Crippen molar-refractivity contribution < 1.29 is 8.81 Å². The number of rotatable bonds is 2. The largest absolute Gasteiger partial charge is 0.444 e. The monoisotopic (exact) mass is 264 g/mol. The van der Waals surface area contributed by atoms with Gasteiger partial charge in [0, 0.05) is 11.1 Å². The van der Waals surface area contributed by atoms with Crippen LogP contribution >= 0.6 is 0 Å². The molecule has 0 aliphatic heterocycles. The molecular weight excluding hydrogens is 255 g/mol. The second-order valence-electron chi connectivity index (χ2n) is 4.23. The van der Waals surface area contributed by atoms with Gasteiger partial charge in [-0.25, -0.2) is 9.37 Å². The van der Waals surface area contributed by atoms with Gasteiger partial charge in [-0.15, -0.1) is 0 Å². The molecule has 0 saturated heterocycles. The normalized spacial score (nSPS) is 10.2. The lowest BCUT2D eigenvalue weighted by atomic mass is 10.1. The smallest absolute Gasteiger partial charge is 0.226 e. The third-order valence-electron chi connectivity index (χ3n) is 2.91. The second-order valence-corrected chi connectivity index (χ2v) is 4.23. The summed E-state index contributed by atoms with van der Waals surface area (Å²) in [6.45, 7) is 0. The lowest BCUT2D eigenvalue weighted by molar-refractivity contribution is 0.574. The number of halogens is 1. The quantitative estimate of drug-likeness (QED) is 0.702. The average molecular weight is 264 g/mol. The van der Waals surface area contributed by atoms with Crippen molar-refractivity contribution in [3.05, 3.63) is 66.2 Å². The van der Waals surface area contributed by atoms with Crippen LogP contribution in [0.2, 0.25) is 0 Å². The molecule has 1 aromatic heterocycles. The van der Waals surface area contributed by atoms with E-state index in [1.165, 1.54) is 12.1 Å². The van der Waals surface area contributed by atoms with Gasteiger partial charge in [-0.1, -0.05) is 12.1 Å². The van der Waals surface area contributed by atoms with Gasteiger partial charge in [0.1, 0.15) is 17.8 Å². The summed E-state index contributed by atoms with van der Waals surface area (Å²) in [5, 5.41) is 8.76. The summed E-state index contributed by atoms with van der Waals surface area (Å²) in [4.78, 5) is 4.36. The number of oxazole rings is 1. The van der Waals surface area contributed by atoms with E-state index in [1.54, 1.807) is 30.5 Å². The van der Waals surface area contributed by atoms with Gasteiger partial charge in [0.05, 0.1) is 11.6 Å². The summed E-state index contributed by atoms with van der Waals surface area (Å²) >= 11 is 0. The summed E-state index contributed by atoms with van der Waals surface area (Å²) in [6, 6.07) is 15.1. The van der Waals surface area contributed by atoms with E-state index >= 15 is 0 Å². The Hall–Kier alpha value is -2.93. The fourth-order valence-corrected chi connectivity index (χ4v) is 1.85. The molecule has 3 nitrogen and oxygen atoms in total. The van der Waals surface area contributed by atoms with Gasteiger partial charge >= 0.3 is 0 Å². The first-order valence-corrected chi connectivity index (χ1v) is 5.98. The highest BCUT2D eigenvalue weighted by molar-refractivity contribution is 5.63. The minimum absolute atomic E-state index is 0.298. The number of aromatic nitrogens is 1. The number of hydrogen-bond acceptors (Lipinski definition) is 3. The molecule has 0 amide bonds. The van der Waals surface area contributed by atoms with Crippen molar-refractivity contribution in [1.82, 2.24) is 4.98 Å². The van der Waals surface area contributed by atoms with Crippen LogP contribution in [0.15, 0.2) is 59.2 Å². The van der Waals surface area contributed by atoms with Crippen molar-refractivity contribution in [2.45, 2.75) is 0 Å². The highest BCUT2D eigenvalue weighted by atomic mass is 19.1. The fourth-order valence-electron chi connectivity index (χ4n) is 1.85. The molecule has 3 rings (SSSR count). The van der Waals surface area contributed by atoms with Crippen LogP contribution in [0.25, 0.3) is 22.7 Å². The zero-order valence-electron chi connectivity index (χ0n) is 10.4. The Bertz CT molecular complexity index is 767. The molecule has 20 heavy (non-hydrogen) atoms. The molecule has 1 heterocycles. The Balaban J connectivity index is 1.93. The number of hydrogen-bond donors (Lipinski definition) is 0. The van der Waals surface area contributed by atoms with Gasteiger partial charge in [0.25, 0.3) is 0 Å². The Labute approximate surface area is 114 Å². The maximum atomic E-state index is 12.9. The third-order valence-corrected chi connectivity index (χ3v) is 2.91. The molecule has 0 atom stereocenters. The van der Waals surface area contributed by atoms with E-state index in [4.69, 9.17) is 9.68 Å². The molecule has 0 aliphatic carbocycles. The molecule has 0 unspecified atom stereocenters. The Kier molecular flexibility index (Phi) is 3.02. The van der Waals surface area contributed by atoms with Crippen LogP contribution in [0, 0.1) is 17.1 Å². The van der Waals surface area contributed by atoms with Gasteiger partial charge < -0.3 is 4.42 Å². The molecule has 0 saturated carbocycles. The molecule has 0 radical (unpaired) electrons. The first-order valence-electron chi connectivity index (χ1n) is 5.98. The summed E-state index contributed by atoms with van der Waals surface area (Å²) in [7, 11) is 0. The van der Waals surface area contributed by atoms with E-state index in [0.717, 1.165) is 5.56 Å². The van der Waals surface area contributed by atoms with Crippen LogP contribution in [-0.4, -0.2) is 4.98 Å². The number of nitriles is 1. The van der Waals surface area contributed by atoms with Gasteiger partial charge in [0.2, 0.25) is 5.89 Å². The highest BCUT2D eigenvalue weighted by Gasteiger charge is 2.08. The molecule has 3 aromatic rings. The van der Waals surface area contributed by atoms with Crippen LogP contribution in [-0.2, 0) is 0 Å². The van der Waals surface area contributed by atoms with Crippen molar-refractivity contribution in [2.24, 2.45) is 0 Å². The highest BCUT2D eigenvalue weighted by Crippen LogP contribution is 2.24. The van der Waals surface area contributed by atoms with E-state index in [2.05, 4.69) is 11.1 Å². The lowest BCUT2D eigenvalue weighted by Gasteiger charge is -1.95. The molecule has 96 valence electrons. The minimum Gasteiger partial charge on any atom is -0.444 e. The van der Waals surface area contributed by atoms with Gasteiger partial charge in [-0.05, 0) is 36.4 Å². The van der Waals surface area contributed by atoms with Crippen LogP contribution < -0.4 is 0 Å². The van der Waals surface area contributed by atoms with Crippen molar-refractivity contribution in [3.8, 4) is 28.8 Å². The first-order chi connectivity index (χ1) is 9.76. The van der Waals surface area contributed by atoms with Crippen LogP contribution in [0.1, 0.15) is 5.56 Å². The second kappa shape index (κ2) is 4.98. The van der Waals surface area contributed by atoms with Crippen LogP contribution in [0.4, 0.5) is 4.39 Å². The SMILES string of the molecule is N#Cc1ccc(-c2coc(-c3ccc(F)cc3)n2)cc1. The molecule has 0 N–H and O–H groups in total. The summed E-state index contributed by atoms with van der Waals surface area (Å²) in [5.41, 5.74) is 2.84. The predicted octanol–water partition coefficient (Wildman–Crippen LogP) is 4.02. The van der Waals surface area contributed by atoms with Gasteiger partial charge in [-0.3, -0.25) is 0 Å². The Morgan fingerprint density at radius 3 is 2.25 bits per heavy atom. The van der Waals surface area contributed by atoms with Crippen LogP contribution in [0.3, 0.4) is 0 Å². The number of benzene rings is 2. The first kappa shape index (κ1) is 12.1. The molecule has 0 bridgehead atoms. The molecule has 2 aromatic carbocycles. The van der Waals surface area contributed by atoms with Crippen LogP contribution in [0.5, 0.6) is 0 Å². The van der Waals surface area contributed by atoms with E-state index in [9.17, 15) is 4.39 Å². The Morgan fingerprint density at radius 1 is 0.950 bits per heavy atom. The average Bonchev–Trinajstić information content (AvgIpc) is 2.98. The molecule has 0 fully saturated rings. The predicted molar refractivity (Wildman–Crippen MR) is 72.0 cm³/mol. The molecule has 0 spiro atoms. The third kappa shape index (κ3) is 2.29. The standard InChI is InChI=1S/C16H9FN2O/c17-14-7-5-13(6-8-14)16-19-15(10-20-16)12-3-1-11(9-18)2-4-12/h1-8,10H. The summed E-state index contributed by atoms with van der Waals surface area (Å²) in [5.74, 6) is 0.136. The fraction of sp³-hybridized carbons (Fsp3) is 0. The molecule has 4 heteroatoms. The maximum Gasteiger partial charge on any atom is 0.226 e. The summed E-state index contributed by atoms with van der Waals surface area (Å²) in [6.07, 6.45) is 1.54. The minimum atomic E-state index is -0.298. The zero-order chi connectivity index (χ0) is 13.9. The Morgan fingerprint density at radius 2 is 1.60 bits per heavy atom. The van der Waals surface area contributed by atoms with Crippen molar-refractivity contribution in [3.63, 3.8) is 0 Å². The maximum absolute atomic E-state index is 12.9. The van der Waals surface area contributed by atoms with Gasteiger partial charge in [-0.2, -0.15) is 5.26 Å². The van der Waals surface area contributed by atoms with Crippen molar-refractivity contribution >= 4 is 0 Å². The zero-order valence-corrected chi connectivity index (χ0v) is 10.4. The van der Waals surface area contributed by atoms with E-state index < -0.39 is 0 Å². The molecule has 0 aliphatic rings. The summed E-state index contributed by atoms with van der Waals surface area (Å²) < 4.78 is 18.3. The van der Waals surface area contributed by atoms with Crippen molar-refractivity contribution in [1.29, 1.82) is 5.26 Å². The van der Waals surface area contributed by atoms with Gasteiger partial charge in [0.15, 0.2) is 0 Å². The topological polar surface area (TPSA) is 49.8 Å². The van der Waals surface area contributed by atoms with E-state index in [-0.39, 0.29) is 5.82 Å². The molecular formula is C16H9FN2O.